The first-order valence-corrected chi connectivity index (χ1v) is 9.48. The van der Waals surface area contributed by atoms with E-state index in [1.54, 1.807) is 0 Å². The highest BCUT2D eigenvalue weighted by molar-refractivity contribution is 7.80. The SMILES string of the molecule is N=C(NC1CCCC(N)C1)[C@@H]1CC[C@@H]2CN1C(=O)N2OS(=O)(=O)O. The molecule has 2 heterocycles. The highest BCUT2D eigenvalue weighted by atomic mass is 32.3. The molecular formula is C13H23N5O5S. The van der Waals surface area contributed by atoms with E-state index >= 15 is 0 Å². The minimum absolute atomic E-state index is 0.127. The van der Waals surface area contributed by atoms with E-state index in [9.17, 15) is 13.2 Å². The van der Waals surface area contributed by atoms with E-state index in [1.165, 1.54) is 4.90 Å². The molecule has 0 radical (unpaired) electrons. The maximum Gasteiger partial charge on any atom is 0.418 e. The van der Waals surface area contributed by atoms with Crippen molar-refractivity contribution in [2.45, 2.75) is 62.7 Å². The van der Waals surface area contributed by atoms with E-state index < -0.39 is 28.5 Å². The van der Waals surface area contributed by atoms with E-state index in [2.05, 4.69) is 9.60 Å². The van der Waals surface area contributed by atoms with Crippen LogP contribution in [0.2, 0.25) is 0 Å². The average Bonchev–Trinajstić information content (AvgIpc) is 2.71. The molecule has 2 unspecified atom stereocenters. The number of nitrogens with one attached hydrogen (secondary N) is 2. The van der Waals surface area contributed by atoms with Crippen LogP contribution in [0.25, 0.3) is 0 Å². The van der Waals surface area contributed by atoms with Crippen LogP contribution in [-0.2, 0) is 14.7 Å². The number of rotatable bonds is 4. The van der Waals surface area contributed by atoms with E-state index in [0.717, 1.165) is 25.7 Å². The average molecular weight is 361 g/mol. The predicted octanol–water partition coefficient (Wildman–Crippen LogP) is -0.174. The van der Waals surface area contributed by atoms with Crippen LogP contribution in [0, 0.1) is 5.41 Å². The minimum atomic E-state index is -4.75. The van der Waals surface area contributed by atoms with Crippen molar-refractivity contribution in [1.29, 1.82) is 5.41 Å². The van der Waals surface area contributed by atoms with Crippen LogP contribution in [0.5, 0.6) is 0 Å². The zero-order valence-corrected chi connectivity index (χ0v) is 14.0. The highest BCUT2D eigenvalue weighted by Crippen LogP contribution is 2.31. The third kappa shape index (κ3) is 3.63. The molecule has 2 bridgehead atoms. The van der Waals surface area contributed by atoms with E-state index in [1.807, 2.05) is 0 Å². The summed E-state index contributed by atoms with van der Waals surface area (Å²) in [6, 6.07) is -1.27. The number of piperidine rings is 1. The second-order valence-electron chi connectivity index (χ2n) is 6.69. The fraction of sp³-hybridized carbons (Fsp3) is 0.846. The van der Waals surface area contributed by atoms with Crippen LogP contribution in [0.1, 0.15) is 38.5 Å². The molecule has 3 rings (SSSR count). The zero-order chi connectivity index (χ0) is 17.5. The van der Waals surface area contributed by atoms with Crippen molar-refractivity contribution in [2.75, 3.05) is 6.54 Å². The van der Waals surface area contributed by atoms with E-state index in [-0.39, 0.29) is 24.5 Å². The molecule has 1 saturated carbocycles. The summed E-state index contributed by atoms with van der Waals surface area (Å²) < 4.78 is 35.0. The number of fused-ring (bicyclic) bond motifs is 2. The molecule has 10 nitrogen and oxygen atoms in total. The number of hydrogen-bond acceptors (Lipinski definition) is 6. The summed E-state index contributed by atoms with van der Waals surface area (Å²) in [6.45, 7) is 0.271. The van der Waals surface area contributed by atoms with Gasteiger partial charge in [0.25, 0.3) is 0 Å². The Bertz CT molecular complexity index is 626. The maximum absolute atomic E-state index is 12.3. The summed E-state index contributed by atoms with van der Waals surface area (Å²) in [7, 11) is -4.75. The Hall–Kier alpha value is -1.43. The van der Waals surface area contributed by atoms with Crippen LogP contribution < -0.4 is 11.1 Å². The van der Waals surface area contributed by atoms with Gasteiger partial charge < -0.3 is 16.0 Å². The molecule has 1 aliphatic carbocycles. The van der Waals surface area contributed by atoms with Crippen molar-refractivity contribution in [3.05, 3.63) is 0 Å². The van der Waals surface area contributed by atoms with Gasteiger partial charge in [0.2, 0.25) is 0 Å². The number of nitrogens with zero attached hydrogens (tertiary/aromatic N) is 2. The lowest BCUT2D eigenvalue weighted by molar-refractivity contribution is -0.0316. The maximum atomic E-state index is 12.3. The standard InChI is InChI=1S/C13H23N5O5S/c14-8-2-1-3-9(6-8)16-12(15)11-5-4-10-7-17(11)13(19)18(10)23-24(20,21)22/h8-11H,1-7,14H2,(H2,15,16)(H,20,21,22)/t8?,9?,10-,11+/m1/s1. The quantitative estimate of drug-likeness (QED) is 0.308. The second kappa shape index (κ2) is 6.47. The molecule has 3 aliphatic rings. The van der Waals surface area contributed by atoms with Gasteiger partial charge in [0.15, 0.2) is 0 Å². The number of amides is 2. The zero-order valence-electron chi connectivity index (χ0n) is 13.2. The van der Waals surface area contributed by atoms with Crippen LogP contribution in [-0.4, -0.2) is 65.5 Å². The number of nitrogens with two attached hydrogens (primary N) is 1. The van der Waals surface area contributed by atoms with Crippen LogP contribution >= 0.6 is 0 Å². The third-order valence-electron chi connectivity index (χ3n) is 4.90. The molecule has 0 aromatic rings. The number of hydroxylamine groups is 2. The predicted molar refractivity (Wildman–Crippen MR) is 84.5 cm³/mol. The molecule has 2 aliphatic heterocycles. The Morgan fingerprint density at radius 2 is 2.08 bits per heavy atom. The molecule has 0 spiro atoms. The Kier molecular flexibility index (Phi) is 4.69. The highest BCUT2D eigenvalue weighted by Gasteiger charge is 2.48. The van der Waals surface area contributed by atoms with Gasteiger partial charge in [-0.25, -0.2) is 4.79 Å². The van der Waals surface area contributed by atoms with Crippen molar-refractivity contribution >= 4 is 22.3 Å². The number of carbonyl (C=O) groups excluding carboxylic acids is 1. The number of hydrogen-bond donors (Lipinski definition) is 4. The first-order chi connectivity index (χ1) is 11.2. The molecule has 24 heavy (non-hydrogen) atoms. The van der Waals surface area contributed by atoms with Gasteiger partial charge in [-0.15, -0.1) is 4.28 Å². The van der Waals surface area contributed by atoms with Gasteiger partial charge in [-0.05, 0) is 38.5 Å². The number of carbonyl (C=O) groups is 1. The number of urea groups is 1. The molecule has 3 fully saturated rings. The second-order valence-corrected chi connectivity index (χ2v) is 7.70. The summed E-state index contributed by atoms with van der Waals surface area (Å²) >= 11 is 0. The van der Waals surface area contributed by atoms with Crippen LogP contribution in [0.3, 0.4) is 0 Å². The molecule has 11 heteroatoms. The number of amidine groups is 1. The van der Waals surface area contributed by atoms with Gasteiger partial charge in [0.05, 0.1) is 12.1 Å². The van der Waals surface area contributed by atoms with Crippen molar-refractivity contribution in [3.63, 3.8) is 0 Å². The van der Waals surface area contributed by atoms with Gasteiger partial charge in [-0.2, -0.15) is 13.5 Å². The molecule has 0 aromatic heterocycles. The molecule has 2 amide bonds. The van der Waals surface area contributed by atoms with Gasteiger partial charge in [0.1, 0.15) is 5.84 Å². The van der Waals surface area contributed by atoms with Gasteiger partial charge >= 0.3 is 16.4 Å². The lowest BCUT2D eigenvalue weighted by Crippen LogP contribution is -2.53. The largest absolute Gasteiger partial charge is 0.418 e. The Morgan fingerprint density at radius 3 is 2.75 bits per heavy atom. The molecule has 4 atom stereocenters. The smallest absolute Gasteiger partial charge is 0.369 e. The topological polar surface area (TPSA) is 149 Å². The van der Waals surface area contributed by atoms with Crippen LogP contribution in [0.15, 0.2) is 0 Å². The van der Waals surface area contributed by atoms with Gasteiger partial charge in [-0.3, -0.25) is 9.96 Å². The summed E-state index contributed by atoms with van der Waals surface area (Å²) in [5, 5.41) is 12.2. The van der Waals surface area contributed by atoms with Crippen molar-refractivity contribution in [2.24, 2.45) is 5.73 Å². The molecule has 0 aromatic carbocycles. The monoisotopic (exact) mass is 361 g/mol. The normalized spacial score (nSPS) is 33.7. The molecule has 2 saturated heterocycles. The van der Waals surface area contributed by atoms with E-state index in [4.69, 9.17) is 15.7 Å². The molecule has 136 valence electrons. The minimum Gasteiger partial charge on any atom is -0.369 e. The summed E-state index contributed by atoms with van der Waals surface area (Å²) in [6.07, 6.45) is 4.77. The fourth-order valence-electron chi connectivity index (χ4n) is 3.81. The third-order valence-corrected chi connectivity index (χ3v) is 5.25. The molecule has 5 N–H and O–H groups in total. The molecular weight excluding hydrogens is 338 g/mol. The summed E-state index contributed by atoms with van der Waals surface area (Å²) in [5.74, 6) is 0.245. The Labute approximate surface area is 140 Å². The fourth-order valence-corrected chi connectivity index (χ4v) is 4.19. The van der Waals surface area contributed by atoms with Crippen molar-refractivity contribution in [3.8, 4) is 0 Å². The van der Waals surface area contributed by atoms with Gasteiger partial charge in [-0.1, -0.05) is 0 Å². The first kappa shape index (κ1) is 17.4. The van der Waals surface area contributed by atoms with Crippen LogP contribution in [0.4, 0.5) is 4.79 Å². The Balaban J connectivity index is 1.64. The lowest BCUT2D eigenvalue weighted by Gasteiger charge is -2.34. The van der Waals surface area contributed by atoms with E-state index in [0.29, 0.717) is 17.9 Å². The summed E-state index contributed by atoms with van der Waals surface area (Å²) in [5.41, 5.74) is 5.96. The lowest BCUT2D eigenvalue weighted by atomic mass is 9.91. The van der Waals surface area contributed by atoms with Crippen molar-refractivity contribution < 1.29 is 22.0 Å². The van der Waals surface area contributed by atoms with Gasteiger partial charge in [0, 0.05) is 18.6 Å². The Morgan fingerprint density at radius 1 is 1.33 bits per heavy atom. The van der Waals surface area contributed by atoms with Crippen molar-refractivity contribution in [1.82, 2.24) is 15.3 Å². The summed E-state index contributed by atoms with van der Waals surface area (Å²) in [4.78, 5) is 13.7. The first-order valence-electron chi connectivity index (χ1n) is 8.12.